The highest BCUT2D eigenvalue weighted by Gasteiger charge is 2.29. The van der Waals surface area contributed by atoms with Crippen LogP contribution in [0.25, 0.3) is 21.1 Å². The molecule has 138 valence electrons. The molecule has 1 atom stereocenters. The first kappa shape index (κ1) is 16.9. The molecule has 0 spiro atoms. The summed E-state index contributed by atoms with van der Waals surface area (Å²) < 4.78 is 29.5. The maximum Gasteiger partial charge on any atom is 0.270 e. The normalized spacial score (nSPS) is 18.6. The standard InChI is InChI=1S/C20H19N3O2S2/c1-22-10-7-14(12-22)17-13-23(20-15(17)4-3-9-21-20)27(24,25)19-6-2-5-18-16(19)8-11-26-18/h2-6,8-9,11,13-14H,7,10,12H2,1H3. The molecule has 27 heavy (non-hydrogen) atoms. The number of hydrogen-bond acceptors (Lipinski definition) is 5. The minimum Gasteiger partial charge on any atom is -0.306 e. The van der Waals surface area contributed by atoms with Crippen LogP contribution in [0.1, 0.15) is 17.9 Å². The van der Waals surface area contributed by atoms with Gasteiger partial charge in [0.2, 0.25) is 0 Å². The topological polar surface area (TPSA) is 55.2 Å². The molecule has 1 aliphatic rings. The Hall–Kier alpha value is -2.22. The molecule has 1 aromatic carbocycles. The van der Waals surface area contributed by atoms with E-state index in [1.165, 1.54) is 3.97 Å². The SMILES string of the molecule is CN1CCC(c2cn(S(=O)(=O)c3cccc4sccc34)c3ncccc23)C1. The van der Waals surface area contributed by atoms with Crippen LogP contribution in [0.2, 0.25) is 0 Å². The average molecular weight is 398 g/mol. The summed E-state index contributed by atoms with van der Waals surface area (Å²) in [5, 5.41) is 3.62. The van der Waals surface area contributed by atoms with Gasteiger partial charge in [-0.15, -0.1) is 11.3 Å². The molecule has 0 aliphatic carbocycles. The molecule has 4 heterocycles. The molecular formula is C20H19N3O2S2. The molecule has 4 aromatic rings. The second kappa shape index (κ2) is 6.15. The molecule has 0 bridgehead atoms. The molecule has 5 nitrogen and oxygen atoms in total. The Morgan fingerprint density at radius 1 is 1.15 bits per heavy atom. The molecule has 7 heteroatoms. The molecule has 3 aromatic heterocycles. The quantitative estimate of drug-likeness (QED) is 0.526. The maximum atomic E-state index is 13.6. The molecule has 1 saturated heterocycles. The van der Waals surface area contributed by atoms with Gasteiger partial charge in [0.25, 0.3) is 10.0 Å². The Morgan fingerprint density at radius 2 is 2.04 bits per heavy atom. The number of thiophene rings is 1. The molecule has 1 fully saturated rings. The van der Waals surface area contributed by atoms with Crippen molar-refractivity contribution in [1.29, 1.82) is 0 Å². The Morgan fingerprint density at radius 3 is 2.85 bits per heavy atom. The smallest absolute Gasteiger partial charge is 0.270 e. The van der Waals surface area contributed by atoms with Crippen LogP contribution in [0.3, 0.4) is 0 Å². The van der Waals surface area contributed by atoms with E-state index < -0.39 is 10.0 Å². The van der Waals surface area contributed by atoms with Crippen LogP contribution in [0, 0.1) is 0 Å². The Bertz CT molecular complexity index is 1260. The van der Waals surface area contributed by atoms with Gasteiger partial charge in [0, 0.05) is 40.3 Å². The van der Waals surface area contributed by atoms with E-state index in [9.17, 15) is 8.42 Å². The average Bonchev–Trinajstić information content (AvgIpc) is 3.38. The zero-order chi connectivity index (χ0) is 18.6. The lowest BCUT2D eigenvalue weighted by Crippen LogP contribution is -2.14. The summed E-state index contributed by atoms with van der Waals surface area (Å²) in [5.74, 6) is 0.329. The zero-order valence-corrected chi connectivity index (χ0v) is 16.5. The monoisotopic (exact) mass is 397 g/mol. The van der Waals surface area contributed by atoms with E-state index in [0.29, 0.717) is 16.5 Å². The van der Waals surface area contributed by atoms with E-state index in [1.807, 2.05) is 29.6 Å². The van der Waals surface area contributed by atoms with Crippen molar-refractivity contribution < 1.29 is 8.42 Å². The number of nitrogens with zero attached hydrogens (tertiary/aromatic N) is 3. The fourth-order valence-electron chi connectivity index (χ4n) is 4.05. The van der Waals surface area contributed by atoms with Gasteiger partial charge in [0.05, 0.1) is 4.90 Å². The van der Waals surface area contributed by atoms with Gasteiger partial charge in [0.1, 0.15) is 0 Å². The van der Waals surface area contributed by atoms with Crippen molar-refractivity contribution in [1.82, 2.24) is 13.9 Å². The zero-order valence-electron chi connectivity index (χ0n) is 14.9. The van der Waals surface area contributed by atoms with E-state index in [4.69, 9.17) is 0 Å². The number of pyridine rings is 1. The summed E-state index contributed by atoms with van der Waals surface area (Å²) in [6.07, 6.45) is 4.48. The van der Waals surface area contributed by atoms with E-state index in [2.05, 4.69) is 16.9 Å². The third-order valence-corrected chi connectivity index (χ3v) is 7.98. The fourth-order valence-corrected chi connectivity index (χ4v) is 6.47. The first-order valence-electron chi connectivity index (χ1n) is 8.92. The van der Waals surface area contributed by atoms with E-state index >= 15 is 0 Å². The van der Waals surface area contributed by atoms with Crippen molar-refractivity contribution in [3.63, 3.8) is 0 Å². The van der Waals surface area contributed by atoms with E-state index in [1.54, 1.807) is 35.9 Å². The van der Waals surface area contributed by atoms with Gasteiger partial charge in [-0.2, -0.15) is 0 Å². The molecule has 0 saturated carbocycles. The summed E-state index contributed by atoms with van der Waals surface area (Å²) in [6, 6.07) is 11.2. The Kier molecular flexibility index (Phi) is 3.86. The van der Waals surface area contributed by atoms with Gasteiger partial charge < -0.3 is 4.90 Å². The van der Waals surface area contributed by atoms with Crippen LogP contribution in [0.15, 0.2) is 59.1 Å². The molecule has 1 aliphatic heterocycles. The van der Waals surface area contributed by atoms with Gasteiger partial charge in [-0.05, 0) is 61.3 Å². The van der Waals surface area contributed by atoms with Crippen LogP contribution in [0.4, 0.5) is 0 Å². The minimum atomic E-state index is -3.74. The lowest BCUT2D eigenvalue weighted by molar-refractivity contribution is 0.412. The van der Waals surface area contributed by atoms with Crippen molar-refractivity contribution in [2.75, 3.05) is 20.1 Å². The predicted octanol–water partition coefficient (Wildman–Crippen LogP) is 3.91. The molecule has 5 rings (SSSR count). The van der Waals surface area contributed by atoms with Gasteiger partial charge in [-0.25, -0.2) is 17.4 Å². The Labute approximate surface area is 161 Å². The predicted molar refractivity (Wildman–Crippen MR) is 109 cm³/mol. The number of benzene rings is 1. The third kappa shape index (κ3) is 2.61. The highest BCUT2D eigenvalue weighted by atomic mass is 32.2. The van der Waals surface area contributed by atoms with Crippen molar-refractivity contribution in [2.45, 2.75) is 17.2 Å². The number of likely N-dealkylation sites (N-methyl/N-ethyl adjacent to an activating group) is 1. The summed E-state index contributed by atoms with van der Waals surface area (Å²) in [5.41, 5.74) is 1.58. The number of hydrogen-bond donors (Lipinski definition) is 0. The maximum absolute atomic E-state index is 13.6. The van der Waals surface area contributed by atoms with Crippen molar-refractivity contribution in [2.24, 2.45) is 0 Å². The van der Waals surface area contributed by atoms with Gasteiger partial charge in [-0.1, -0.05) is 6.07 Å². The van der Waals surface area contributed by atoms with E-state index in [0.717, 1.165) is 40.5 Å². The lowest BCUT2D eigenvalue weighted by Gasteiger charge is -2.09. The lowest BCUT2D eigenvalue weighted by atomic mass is 9.99. The van der Waals surface area contributed by atoms with Gasteiger partial charge >= 0.3 is 0 Å². The van der Waals surface area contributed by atoms with Crippen molar-refractivity contribution in [3.05, 3.63) is 59.7 Å². The molecule has 1 unspecified atom stereocenters. The van der Waals surface area contributed by atoms with Crippen LogP contribution < -0.4 is 0 Å². The number of rotatable bonds is 3. The molecule has 0 amide bonds. The van der Waals surface area contributed by atoms with Gasteiger partial charge in [-0.3, -0.25) is 0 Å². The molecule has 0 N–H and O–H groups in total. The second-order valence-electron chi connectivity index (χ2n) is 7.10. The summed E-state index contributed by atoms with van der Waals surface area (Å²) >= 11 is 1.55. The van der Waals surface area contributed by atoms with Crippen LogP contribution in [0.5, 0.6) is 0 Å². The molecule has 0 radical (unpaired) electrons. The summed E-state index contributed by atoms with van der Waals surface area (Å²) in [7, 11) is -1.63. The summed E-state index contributed by atoms with van der Waals surface area (Å²) in [4.78, 5) is 7.04. The van der Waals surface area contributed by atoms with Gasteiger partial charge in [0.15, 0.2) is 5.65 Å². The fraction of sp³-hybridized carbons (Fsp3) is 0.250. The number of fused-ring (bicyclic) bond motifs is 2. The largest absolute Gasteiger partial charge is 0.306 e. The van der Waals surface area contributed by atoms with Crippen LogP contribution >= 0.6 is 11.3 Å². The molecular weight excluding hydrogens is 378 g/mol. The second-order valence-corrected chi connectivity index (χ2v) is 9.83. The number of aromatic nitrogens is 2. The van der Waals surface area contributed by atoms with Crippen LogP contribution in [-0.4, -0.2) is 42.4 Å². The number of likely N-dealkylation sites (tertiary alicyclic amines) is 1. The highest BCUT2D eigenvalue weighted by molar-refractivity contribution is 7.90. The summed E-state index contributed by atoms with van der Waals surface area (Å²) in [6.45, 7) is 1.97. The first-order valence-corrected chi connectivity index (χ1v) is 11.2. The van der Waals surface area contributed by atoms with Crippen molar-refractivity contribution in [3.8, 4) is 0 Å². The highest BCUT2D eigenvalue weighted by Crippen LogP contribution is 2.35. The minimum absolute atomic E-state index is 0.329. The third-order valence-electron chi connectivity index (χ3n) is 5.39. The first-order chi connectivity index (χ1) is 13.1. The Balaban J connectivity index is 1.74. The van der Waals surface area contributed by atoms with E-state index in [-0.39, 0.29) is 0 Å². The van der Waals surface area contributed by atoms with Crippen molar-refractivity contribution >= 4 is 42.5 Å². The van der Waals surface area contributed by atoms with Crippen LogP contribution in [-0.2, 0) is 10.0 Å².